The summed E-state index contributed by atoms with van der Waals surface area (Å²) >= 11 is 0. The predicted octanol–water partition coefficient (Wildman–Crippen LogP) is 15.2. The zero-order chi connectivity index (χ0) is 50.6. The summed E-state index contributed by atoms with van der Waals surface area (Å²) in [7, 11) is 3.55. The van der Waals surface area contributed by atoms with E-state index in [2.05, 4.69) is 11.7 Å². The van der Waals surface area contributed by atoms with Crippen molar-refractivity contribution in [3.05, 3.63) is 58.7 Å². The Labute approximate surface area is 407 Å². The largest absolute Gasteiger partial charge is 0.457 e. The highest BCUT2D eigenvalue weighted by molar-refractivity contribution is 8.76. The normalized spacial score (nSPS) is 22.1. The molecule has 0 N–H and O–H groups in total. The number of alkyl halides is 9. The van der Waals surface area contributed by atoms with Crippen molar-refractivity contribution in [1.82, 2.24) is 0 Å². The quantitative estimate of drug-likeness (QED) is 0.0475. The minimum Gasteiger partial charge on any atom is -0.457 e. The first-order chi connectivity index (χ1) is 32.5. The summed E-state index contributed by atoms with van der Waals surface area (Å²) in [6.45, 7) is 11.1. The second kappa shape index (κ2) is 25.8. The highest BCUT2D eigenvalue weighted by Gasteiger charge is 2.85. The van der Waals surface area contributed by atoms with E-state index in [9.17, 15) is 39.5 Å². The summed E-state index contributed by atoms with van der Waals surface area (Å²) in [4.78, 5) is 0. The van der Waals surface area contributed by atoms with E-state index in [1.165, 1.54) is 12.1 Å². The molecule has 69 heavy (non-hydrogen) atoms. The molecule has 0 aliphatic heterocycles. The third kappa shape index (κ3) is 15.3. The van der Waals surface area contributed by atoms with Gasteiger partial charge in [-0.05, 0) is 151 Å². The van der Waals surface area contributed by atoms with Gasteiger partial charge in [0.2, 0.25) is 0 Å². The molecule has 6 nitrogen and oxygen atoms in total. The van der Waals surface area contributed by atoms with Crippen molar-refractivity contribution < 1.29 is 76.7 Å². The SMILES string of the molecule is CC(C)OCC(CCCOCCSSCCCCCc1c(F)cc(Oc2ccc3c(c2)CCC2C3CCC3(C)C(OCCCOC(C(F)(F)F)(C(F)(F)F)C(F)(F)F)CCC23)cc1F)COC(C)C. The van der Waals surface area contributed by atoms with Crippen molar-refractivity contribution in [2.24, 2.45) is 23.2 Å². The summed E-state index contributed by atoms with van der Waals surface area (Å²) in [5.41, 5.74) is -4.35. The van der Waals surface area contributed by atoms with Gasteiger partial charge >= 0.3 is 24.1 Å². The molecule has 5 atom stereocenters. The molecule has 5 unspecified atom stereocenters. The first kappa shape index (κ1) is 57.9. The molecule has 0 bridgehead atoms. The van der Waals surface area contributed by atoms with Gasteiger partial charge in [0, 0.05) is 48.3 Å². The minimum atomic E-state index is -6.77. The fourth-order valence-corrected chi connectivity index (χ4v) is 12.4. The number of aryl methyl sites for hydroxylation is 1. The van der Waals surface area contributed by atoms with E-state index in [1.807, 2.05) is 39.8 Å². The van der Waals surface area contributed by atoms with E-state index in [0.29, 0.717) is 50.9 Å². The zero-order valence-electron chi connectivity index (χ0n) is 40.2. The molecule has 2 aromatic rings. The van der Waals surface area contributed by atoms with Gasteiger partial charge < -0.3 is 28.4 Å². The van der Waals surface area contributed by atoms with Gasteiger partial charge in [0.15, 0.2) is 0 Å². The van der Waals surface area contributed by atoms with Gasteiger partial charge in [-0.3, -0.25) is 0 Å². The maximum atomic E-state index is 15.2. The number of halogens is 11. The highest BCUT2D eigenvalue weighted by atomic mass is 33.1. The molecule has 0 radical (unpaired) electrons. The van der Waals surface area contributed by atoms with E-state index in [4.69, 9.17) is 23.7 Å². The maximum Gasteiger partial charge on any atom is 0.435 e. The van der Waals surface area contributed by atoms with E-state index in [0.717, 1.165) is 80.4 Å². The molecule has 2 fully saturated rings. The van der Waals surface area contributed by atoms with Gasteiger partial charge in [-0.2, -0.15) is 39.5 Å². The van der Waals surface area contributed by atoms with Crippen LogP contribution in [0.3, 0.4) is 0 Å². The molecule has 5 rings (SSSR count). The van der Waals surface area contributed by atoms with Crippen molar-refractivity contribution in [3.8, 4) is 11.5 Å². The van der Waals surface area contributed by atoms with Crippen LogP contribution in [0.4, 0.5) is 48.3 Å². The van der Waals surface area contributed by atoms with Gasteiger partial charge in [0.05, 0.1) is 44.7 Å². The molecule has 0 aromatic heterocycles. The van der Waals surface area contributed by atoms with Gasteiger partial charge in [0.25, 0.3) is 0 Å². The molecule has 394 valence electrons. The highest BCUT2D eigenvalue weighted by Crippen LogP contribution is 2.62. The Bertz CT molecular complexity index is 1810. The number of hydrogen-bond donors (Lipinski definition) is 0. The standard InChI is InChI=1S/C50H69F11O6S2/c1-32(2)64-30-34(31-65-33(3)4)11-9-21-62-24-26-69-68-25-8-6-7-12-41-43(51)28-37(29-44(41)52)67-36-14-16-38-35(27-36)13-15-40-39(38)19-20-46(5)42(40)17-18-45(46)63-22-10-23-66-47(48(53,54)55,49(56,57)58)50(59,60)61/h14,16,27-29,32-34,39-40,42,45H,6-13,15,17-26,30-31H2,1-5H3. The van der Waals surface area contributed by atoms with Crippen LogP contribution >= 0.6 is 21.6 Å². The lowest BCUT2D eigenvalue weighted by Crippen LogP contribution is -2.67. The van der Waals surface area contributed by atoms with Crippen molar-refractivity contribution in [1.29, 1.82) is 0 Å². The van der Waals surface area contributed by atoms with Crippen molar-refractivity contribution in [2.45, 2.75) is 166 Å². The fourth-order valence-electron chi connectivity index (χ4n) is 10.4. The lowest BCUT2D eigenvalue weighted by atomic mass is 9.55. The van der Waals surface area contributed by atoms with Gasteiger partial charge in [-0.1, -0.05) is 41.0 Å². The predicted molar refractivity (Wildman–Crippen MR) is 247 cm³/mol. The van der Waals surface area contributed by atoms with Crippen LogP contribution < -0.4 is 4.74 Å². The monoisotopic (exact) mass is 1040 g/mol. The Kier molecular flexibility index (Phi) is 21.6. The van der Waals surface area contributed by atoms with Gasteiger partial charge in [-0.25, -0.2) is 8.78 Å². The van der Waals surface area contributed by atoms with Crippen LogP contribution in [0, 0.1) is 34.8 Å². The van der Waals surface area contributed by atoms with Crippen molar-refractivity contribution in [2.75, 3.05) is 51.1 Å². The topological polar surface area (TPSA) is 55.4 Å². The van der Waals surface area contributed by atoms with Crippen LogP contribution in [0.1, 0.15) is 128 Å². The molecule has 2 aromatic carbocycles. The van der Waals surface area contributed by atoms with Gasteiger partial charge in [0.1, 0.15) is 23.1 Å². The molecule has 3 aliphatic rings. The summed E-state index contributed by atoms with van der Waals surface area (Å²) in [5, 5.41) is 0. The first-order valence-electron chi connectivity index (χ1n) is 24.3. The third-order valence-electron chi connectivity index (χ3n) is 13.9. The zero-order valence-corrected chi connectivity index (χ0v) is 41.8. The number of fused-ring (bicyclic) bond motifs is 5. The number of rotatable bonds is 28. The summed E-state index contributed by atoms with van der Waals surface area (Å²) in [5.74, 6) is 2.10. The van der Waals surface area contributed by atoms with Crippen LogP contribution in [0.25, 0.3) is 0 Å². The first-order valence-corrected chi connectivity index (χ1v) is 26.8. The second-order valence-corrected chi connectivity index (χ2v) is 22.1. The molecule has 0 saturated heterocycles. The summed E-state index contributed by atoms with van der Waals surface area (Å²) in [6.07, 6.45) is -11.8. The molecule has 2 saturated carbocycles. The lowest BCUT2D eigenvalue weighted by molar-refractivity contribution is -0.457. The van der Waals surface area contributed by atoms with E-state index in [-0.39, 0.29) is 65.8 Å². The summed E-state index contributed by atoms with van der Waals surface area (Å²) in [6, 6.07) is 8.14. The molecule has 0 heterocycles. The Morgan fingerprint density at radius 3 is 1.97 bits per heavy atom. The molecule has 3 aliphatic carbocycles. The Hall–Kier alpha value is -2.03. The molecular formula is C50H69F11O6S2. The fraction of sp³-hybridized carbons (Fsp3) is 0.760. The van der Waals surface area contributed by atoms with Gasteiger partial charge in [-0.15, -0.1) is 0 Å². The van der Waals surface area contributed by atoms with Crippen LogP contribution in [0.5, 0.6) is 11.5 Å². The van der Waals surface area contributed by atoms with Crippen LogP contribution in [0.15, 0.2) is 30.3 Å². The number of hydrogen-bond acceptors (Lipinski definition) is 8. The Balaban J connectivity index is 0.998. The lowest BCUT2D eigenvalue weighted by Gasteiger charge is -2.50. The second-order valence-electron chi connectivity index (χ2n) is 19.4. The summed E-state index contributed by atoms with van der Waals surface area (Å²) < 4.78 is 183. The molecular weight excluding hydrogens is 970 g/mol. The smallest absolute Gasteiger partial charge is 0.435 e. The van der Waals surface area contributed by atoms with E-state index >= 15 is 8.78 Å². The maximum absolute atomic E-state index is 15.2. The Morgan fingerprint density at radius 1 is 0.681 bits per heavy atom. The van der Waals surface area contributed by atoms with Crippen LogP contribution in [0.2, 0.25) is 0 Å². The van der Waals surface area contributed by atoms with E-state index in [1.54, 1.807) is 27.7 Å². The van der Waals surface area contributed by atoms with Crippen LogP contribution in [-0.2, 0) is 36.5 Å². The van der Waals surface area contributed by atoms with Crippen LogP contribution in [-0.4, -0.2) is 93.6 Å². The average Bonchev–Trinajstić information content (AvgIpc) is 3.59. The number of unbranched alkanes of at least 4 members (excludes halogenated alkanes) is 2. The minimum absolute atomic E-state index is 0.0425. The molecule has 0 spiro atoms. The third-order valence-corrected chi connectivity index (χ3v) is 16.3. The van der Waals surface area contributed by atoms with E-state index < -0.39 is 48.8 Å². The van der Waals surface area contributed by atoms with Crippen molar-refractivity contribution >= 4 is 21.6 Å². The van der Waals surface area contributed by atoms with Crippen molar-refractivity contribution in [3.63, 3.8) is 0 Å². The molecule has 0 amide bonds. The Morgan fingerprint density at radius 2 is 1.33 bits per heavy atom. The number of ether oxygens (including phenoxy) is 6. The average molecular weight is 1040 g/mol. The number of benzene rings is 2. The molecule has 19 heteroatoms.